The van der Waals surface area contributed by atoms with Gasteiger partial charge in [-0.25, -0.2) is 0 Å². The van der Waals surface area contributed by atoms with Crippen LogP contribution < -0.4 is 0 Å². The van der Waals surface area contributed by atoms with Crippen LogP contribution in [0.5, 0.6) is 0 Å². The highest BCUT2D eigenvalue weighted by molar-refractivity contribution is 4.43. The second-order valence-electron chi connectivity index (χ2n) is 1.46. The van der Waals surface area contributed by atoms with Gasteiger partial charge in [-0.15, -0.1) is 0 Å². The summed E-state index contributed by atoms with van der Waals surface area (Å²) in [6.07, 6.45) is 2.56. The molecular formula is C5H12O3. The van der Waals surface area contributed by atoms with Gasteiger partial charge in [-0.1, -0.05) is 0 Å². The monoisotopic (exact) mass is 120 g/mol. The van der Waals surface area contributed by atoms with Crippen LogP contribution in [0.2, 0.25) is 0 Å². The third-order valence-corrected chi connectivity index (χ3v) is 0.827. The molecule has 0 aromatic heterocycles. The molecule has 0 saturated carbocycles. The van der Waals surface area contributed by atoms with Crippen LogP contribution in [0.15, 0.2) is 0 Å². The molecule has 0 radical (unpaired) electrons. The van der Waals surface area contributed by atoms with Gasteiger partial charge in [-0.3, -0.25) is 0 Å². The summed E-state index contributed by atoms with van der Waals surface area (Å²) in [6, 6.07) is 0. The minimum absolute atomic E-state index is 0.750. The molecule has 1 fully saturated rings. The molecule has 50 valence electrons. The van der Waals surface area contributed by atoms with Crippen LogP contribution in [0, 0.1) is 0 Å². The Morgan fingerprint density at radius 1 is 1.12 bits per heavy atom. The minimum atomic E-state index is -0.750. The largest absolute Gasteiger partial charge is 0.381 e. The van der Waals surface area contributed by atoms with Crippen molar-refractivity contribution < 1.29 is 14.9 Å². The summed E-state index contributed by atoms with van der Waals surface area (Å²) in [5.74, 6) is 0. The van der Waals surface area contributed by atoms with Crippen molar-refractivity contribution in [1.82, 2.24) is 0 Å². The summed E-state index contributed by atoms with van der Waals surface area (Å²) < 4.78 is 4.94. The van der Waals surface area contributed by atoms with Crippen molar-refractivity contribution in [3.63, 3.8) is 0 Å². The van der Waals surface area contributed by atoms with Crippen molar-refractivity contribution in [2.75, 3.05) is 20.0 Å². The van der Waals surface area contributed by atoms with E-state index < -0.39 is 6.79 Å². The van der Waals surface area contributed by atoms with Crippen LogP contribution >= 0.6 is 0 Å². The Labute approximate surface area is 48.9 Å². The van der Waals surface area contributed by atoms with E-state index >= 15 is 0 Å². The molecule has 2 N–H and O–H groups in total. The predicted molar refractivity (Wildman–Crippen MR) is 29.4 cm³/mol. The smallest absolute Gasteiger partial charge is 0.140 e. The van der Waals surface area contributed by atoms with Crippen LogP contribution in [0.4, 0.5) is 0 Å². The van der Waals surface area contributed by atoms with Gasteiger partial charge in [0.15, 0.2) is 0 Å². The molecule has 0 spiro atoms. The van der Waals surface area contributed by atoms with Gasteiger partial charge in [-0.05, 0) is 12.8 Å². The maximum absolute atomic E-state index is 7.12. The fourth-order valence-electron chi connectivity index (χ4n) is 0.510. The zero-order valence-corrected chi connectivity index (χ0v) is 4.84. The van der Waals surface area contributed by atoms with Gasteiger partial charge in [-0.2, -0.15) is 0 Å². The van der Waals surface area contributed by atoms with Crippen LogP contribution in [0.1, 0.15) is 12.8 Å². The van der Waals surface area contributed by atoms with Crippen LogP contribution in [-0.2, 0) is 4.74 Å². The van der Waals surface area contributed by atoms with E-state index in [-0.39, 0.29) is 0 Å². The Bertz CT molecular complexity index is 27.0. The molecule has 0 aromatic carbocycles. The third-order valence-electron chi connectivity index (χ3n) is 0.827. The summed E-state index contributed by atoms with van der Waals surface area (Å²) in [6.45, 7) is 1.25. The normalized spacial score (nSPS) is 17.2. The molecule has 1 heterocycles. The molecule has 1 aliphatic heterocycles. The summed E-state index contributed by atoms with van der Waals surface area (Å²) in [5.41, 5.74) is 0. The van der Waals surface area contributed by atoms with Crippen molar-refractivity contribution in [1.29, 1.82) is 0 Å². The van der Waals surface area contributed by atoms with Crippen LogP contribution in [0.3, 0.4) is 0 Å². The number of rotatable bonds is 0. The molecule has 0 bridgehead atoms. The van der Waals surface area contributed by atoms with Crippen molar-refractivity contribution in [2.24, 2.45) is 0 Å². The number of hydrogen-bond acceptors (Lipinski definition) is 3. The Hall–Kier alpha value is -0.120. The molecule has 0 unspecified atom stereocenters. The zero-order valence-electron chi connectivity index (χ0n) is 4.84. The maximum Gasteiger partial charge on any atom is 0.140 e. The second kappa shape index (κ2) is 6.88. The second-order valence-corrected chi connectivity index (χ2v) is 1.46. The van der Waals surface area contributed by atoms with Crippen molar-refractivity contribution in [3.8, 4) is 0 Å². The summed E-state index contributed by atoms with van der Waals surface area (Å²) in [4.78, 5) is 0. The molecule has 0 aliphatic carbocycles. The van der Waals surface area contributed by atoms with Gasteiger partial charge >= 0.3 is 0 Å². The molecule has 1 rings (SSSR count). The number of ether oxygens (including phenoxy) is 1. The highest BCUT2D eigenvalue weighted by Gasteiger charge is 1.94. The highest BCUT2D eigenvalue weighted by atomic mass is 16.5. The van der Waals surface area contributed by atoms with Gasteiger partial charge < -0.3 is 14.9 Å². The van der Waals surface area contributed by atoms with Gasteiger partial charge in [0.1, 0.15) is 6.79 Å². The number of aliphatic hydroxyl groups is 2. The topological polar surface area (TPSA) is 49.7 Å². The Kier molecular flexibility index (Phi) is 6.78. The first-order valence-corrected chi connectivity index (χ1v) is 2.71. The molecular weight excluding hydrogens is 108 g/mol. The van der Waals surface area contributed by atoms with E-state index in [0.717, 1.165) is 13.2 Å². The lowest BCUT2D eigenvalue weighted by Gasteiger charge is -1.76. The molecule has 3 nitrogen and oxygen atoms in total. The lowest BCUT2D eigenvalue weighted by atomic mass is 10.4. The molecule has 1 aliphatic rings. The van der Waals surface area contributed by atoms with E-state index in [1.54, 1.807) is 0 Å². The molecule has 8 heavy (non-hydrogen) atoms. The van der Waals surface area contributed by atoms with E-state index in [2.05, 4.69) is 0 Å². The highest BCUT2D eigenvalue weighted by Crippen LogP contribution is 1.98. The molecule has 3 heteroatoms. The van der Waals surface area contributed by atoms with Gasteiger partial charge in [0.05, 0.1) is 0 Å². The van der Waals surface area contributed by atoms with Gasteiger partial charge in [0.2, 0.25) is 0 Å². The van der Waals surface area contributed by atoms with Gasteiger partial charge in [0.25, 0.3) is 0 Å². The van der Waals surface area contributed by atoms with E-state index in [4.69, 9.17) is 14.9 Å². The quantitative estimate of drug-likeness (QED) is 0.432. The van der Waals surface area contributed by atoms with Crippen LogP contribution in [-0.4, -0.2) is 30.2 Å². The number of hydrogen-bond donors (Lipinski definition) is 2. The average Bonchev–Trinajstić information content (AvgIpc) is 2.17. The third kappa shape index (κ3) is 5.88. The average molecular weight is 120 g/mol. The van der Waals surface area contributed by atoms with Gasteiger partial charge in [0, 0.05) is 13.2 Å². The Morgan fingerprint density at radius 2 is 1.50 bits per heavy atom. The Morgan fingerprint density at radius 3 is 1.62 bits per heavy atom. The molecule has 0 atom stereocenters. The first-order chi connectivity index (χ1) is 3.91. The summed E-state index contributed by atoms with van der Waals surface area (Å²) in [7, 11) is 0. The fourth-order valence-corrected chi connectivity index (χ4v) is 0.510. The number of aliphatic hydroxyl groups excluding tert-OH is 1. The first kappa shape index (κ1) is 7.88. The lowest BCUT2D eigenvalue weighted by molar-refractivity contribution is 0.0773. The van der Waals surface area contributed by atoms with E-state index in [0.29, 0.717) is 0 Å². The summed E-state index contributed by atoms with van der Waals surface area (Å²) >= 11 is 0. The fraction of sp³-hybridized carbons (Fsp3) is 1.00. The van der Waals surface area contributed by atoms with Crippen molar-refractivity contribution in [3.05, 3.63) is 0 Å². The van der Waals surface area contributed by atoms with E-state index in [1.807, 2.05) is 0 Å². The van der Waals surface area contributed by atoms with Crippen LogP contribution in [0.25, 0.3) is 0 Å². The standard InChI is InChI=1S/C4H8O.CH4O2/c1-2-4-5-3-1;2-1-3/h1-4H2;2-3H,1H2. The van der Waals surface area contributed by atoms with E-state index in [1.165, 1.54) is 12.8 Å². The SMILES string of the molecule is C1CCOC1.OCO. The van der Waals surface area contributed by atoms with Crippen molar-refractivity contribution in [2.45, 2.75) is 12.8 Å². The zero-order chi connectivity index (χ0) is 6.24. The first-order valence-electron chi connectivity index (χ1n) is 2.71. The minimum Gasteiger partial charge on any atom is -0.381 e. The maximum atomic E-state index is 7.12. The predicted octanol–water partition coefficient (Wildman–Crippen LogP) is -0.275. The summed E-state index contributed by atoms with van der Waals surface area (Å²) in [5, 5.41) is 14.2. The lowest BCUT2D eigenvalue weighted by Crippen LogP contribution is -1.74. The van der Waals surface area contributed by atoms with E-state index in [9.17, 15) is 0 Å². The van der Waals surface area contributed by atoms with Crippen molar-refractivity contribution >= 4 is 0 Å². The molecule has 1 saturated heterocycles. The molecule has 0 aromatic rings. The molecule has 0 amide bonds. The Balaban J connectivity index is 0.000000145.